The van der Waals surface area contributed by atoms with Crippen molar-refractivity contribution >= 4 is 11.5 Å². The normalized spacial score (nSPS) is 24.9. The van der Waals surface area contributed by atoms with Crippen molar-refractivity contribution in [1.29, 1.82) is 0 Å². The lowest BCUT2D eigenvalue weighted by Crippen LogP contribution is -2.02. The van der Waals surface area contributed by atoms with Crippen LogP contribution in [0.5, 0.6) is 0 Å². The van der Waals surface area contributed by atoms with Gasteiger partial charge in [0.15, 0.2) is 0 Å². The predicted octanol–water partition coefficient (Wildman–Crippen LogP) is 2.28. The SMILES string of the molecule is COC(=O)c1c(C)c(C2OC2C2CC2)n2ncccc12. The van der Waals surface area contributed by atoms with Crippen molar-refractivity contribution in [1.82, 2.24) is 9.61 Å². The van der Waals surface area contributed by atoms with Crippen LogP contribution in [-0.2, 0) is 9.47 Å². The van der Waals surface area contributed by atoms with Gasteiger partial charge in [0, 0.05) is 6.20 Å². The Morgan fingerprint density at radius 1 is 1.50 bits per heavy atom. The first-order valence-corrected chi connectivity index (χ1v) is 6.92. The highest BCUT2D eigenvalue weighted by Crippen LogP contribution is 2.53. The first kappa shape index (κ1) is 11.9. The van der Waals surface area contributed by atoms with Crippen LogP contribution >= 0.6 is 0 Å². The minimum Gasteiger partial charge on any atom is -0.465 e. The van der Waals surface area contributed by atoms with E-state index in [1.807, 2.05) is 23.6 Å². The Bertz CT molecular complexity index is 702. The zero-order valence-electron chi connectivity index (χ0n) is 11.5. The number of hydrogen-bond acceptors (Lipinski definition) is 4. The van der Waals surface area contributed by atoms with Gasteiger partial charge < -0.3 is 9.47 Å². The molecule has 2 aromatic heterocycles. The molecule has 0 N–H and O–H groups in total. The van der Waals surface area contributed by atoms with Crippen LogP contribution < -0.4 is 0 Å². The van der Waals surface area contributed by atoms with Gasteiger partial charge >= 0.3 is 5.97 Å². The zero-order chi connectivity index (χ0) is 13.9. The summed E-state index contributed by atoms with van der Waals surface area (Å²) < 4.78 is 12.6. The molecule has 1 aliphatic heterocycles. The van der Waals surface area contributed by atoms with Crippen molar-refractivity contribution in [3.8, 4) is 0 Å². The molecule has 0 aromatic carbocycles. The fraction of sp³-hybridized carbons (Fsp3) is 0.467. The highest BCUT2D eigenvalue weighted by Gasteiger charge is 2.52. The summed E-state index contributed by atoms with van der Waals surface area (Å²) in [5.41, 5.74) is 3.30. The summed E-state index contributed by atoms with van der Waals surface area (Å²) >= 11 is 0. The molecule has 4 rings (SSSR count). The van der Waals surface area contributed by atoms with E-state index in [-0.39, 0.29) is 12.1 Å². The van der Waals surface area contributed by atoms with Gasteiger partial charge in [-0.1, -0.05) is 0 Å². The van der Waals surface area contributed by atoms with Crippen molar-refractivity contribution < 1.29 is 14.3 Å². The van der Waals surface area contributed by atoms with Crippen LogP contribution in [0.2, 0.25) is 0 Å². The second-order valence-electron chi connectivity index (χ2n) is 5.56. The molecule has 1 saturated carbocycles. The molecular formula is C15H16N2O3. The third-order valence-corrected chi connectivity index (χ3v) is 4.27. The summed E-state index contributed by atoms with van der Waals surface area (Å²) in [6.45, 7) is 1.95. The summed E-state index contributed by atoms with van der Waals surface area (Å²) in [5, 5.41) is 4.38. The quantitative estimate of drug-likeness (QED) is 0.635. The zero-order valence-corrected chi connectivity index (χ0v) is 11.5. The number of aromatic nitrogens is 2. The molecule has 0 radical (unpaired) electrons. The molecule has 2 unspecified atom stereocenters. The fourth-order valence-corrected chi connectivity index (χ4v) is 3.05. The Morgan fingerprint density at radius 3 is 3.00 bits per heavy atom. The van der Waals surface area contributed by atoms with E-state index in [1.165, 1.54) is 20.0 Å². The van der Waals surface area contributed by atoms with E-state index in [9.17, 15) is 4.79 Å². The maximum Gasteiger partial charge on any atom is 0.340 e. The predicted molar refractivity (Wildman–Crippen MR) is 71.6 cm³/mol. The molecule has 0 spiro atoms. The van der Waals surface area contributed by atoms with Crippen LogP contribution in [0.4, 0.5) is 0 Å². The highest BCUT2D eigenvalue weighted by molar-refractivity contribution is 5.99. The molecule has 2 aliphatic rings. The van der Waals surface area contributed by atoms with Crippen LogP contribution in [0.3, 0.4) is 0 Å². The van der Waals surface area contributed by atoms with Gasteiger partial charge in [0.25, 0.3) is 0 Å². The number of carbonyl (C=O) groups excluding carboxylic acids is 1. The molecule has 0 amide bonds. The van der Waals surface area contributed by atoms with E-state index in [0.717, 1.165) is 16.8 Å². The molecule has 2 aromatic rings. The second kappa shape index (κ2) is 4.06. The molecule has 2 atom stereocenters. The van der Waals surface area contributed by atoms with Crippen molar-refractivity contribution in [2.24, 2.45) is 5.92 Å². The Hall–Kier alpha value is -1.88. The Kier molecular flexibility index (Phi) is 2.41. The van der Waals surface area contributed by atoms with Gasteiger partial charge in [0.1, 0.15) is 6.10 Å². The molecular weight excluding hydrogens is 256 g/mol. The Labute approximate surface area is 116 Å². The number of carbonyl (C=O) groups is 1. The Balaban J connectivity index is 1.87. The number of fused-ring (bicyclic) bond motifs is 1. The van der Waals surface area contributed by atoms with E-state index in [1.54, 1.807) is 6.20 Å². The van der Waals surface area contributed by atoms with Gasteiger partial charge in [0.05, 0.1) is 30.0 Å². The summed E-state index contributed by atoms with van der Waals surface area (Å²) in [6, 6.07) is 3.72. The number of methoxy groups -OCH3 is 1. The molecule has 104 valence electrons. The summed E-state index contributed by atoms with van der Waals surface area (Å²) in [5.74, 6) is 0.373. The second-order valence-corrected chi connectivity index (χ2v) is 5.56. The lowest BCUT2D eigenvalue weighted by Gasteiger charge is -1.98. The van der Waals surface area contributed by atoms with Crippen molar-refractivity contribution in [3.63, 3.8) is 0 Å². The maximum atomic E-state index is 12.0. The number of ether oxygens (including phenoxy) is 2. The molecule has 5 nitrogen and oxygen atoms in total. The van der Waals surface area contributed by atoms with Gasteiger partial charge in [-0.2, -0.15) is 5.10 Å². The Morgan fingerprint density at radius 2 is 2.30 bits per heavy atom. The standard InChI is InChI=1S/C15H16N2O3/c1-8-11(15(18)19-2)10-4-3-7-16-17(10)12(8)14-13(20-14)9-5-6-9/h3-4,7,9,13-14H,5-6H2,1-2H3. The minimum absolute atomic E-state index is 0.0725. The maximum absolute atomic E-state index is 12.0. The minimum atomic E-state index is -0.317. The monoisotopic (exact) mass is 272 g/mol. The topological polar surface area (TPSA) is 56.1 Å². The van der Waals surface area contributed by atoms with Crippen molar-refractivity contribution in [2.45, 2.75) is 32.0 Å². The third-order valence-electron chi connectivity index (χ3n) is 4.27. The van der Waals surface area contributed by atoms with Crippen molar-refractivity contribution in [2.75, 3.05) is 7.11 Å². The van der Waals surface area contributed by atoms with E-state index in [0.29, 0.717) is 17.6 Å². The first-order chi connectivity index (χ1) is 9.72. The lowest BCUT2D eigenvalue weighted by atomic mass is 10.1. The average Bonchev–Trinajstić information content (AvgIpc) is 3.33. The molecule has 1 aliphatic carbocycles. The highest BCUT2D eigenvalue weighted by atomic mass is 16.6. The summed E-state index contributed by atoms with van der Waals surface area (Å²) in [7, 11) is 1.40. The van der Waals surface area contributed by atoms with Crippen LogP contribution in [-0.4, -0.2) is 28.8 Å². The van der Waals surface area contributed by atoms with Gasteiger partial charge in [-0.15, -0.1) is 0 Å². The van der Waals surface area contributed by atoms with E-state index >= 15 is 0 Å². The molecule has 5 heteroatoms. The molecule has 0 bridgehead atoms. The van der Waals surface area contributed by atoms with E-state index in [4.69, 9.17) is 9.47 Å². The van der Waals surface area contributed by atoms with E-state index in [2.05, 4.69) is 5.10 Å². The van der Waals surface area contributed by atoms with Gasteiger partial charge in [-0.3, -0.25) is 0 Å². The third kappa shape index (κ3) is 1.59. The van der Waals surface area contributed by atoms with Crippen LogP contribution in [0, 0.1) is 12.8 Å². The summed E-state index contributed by atoms with van der Waals surface area (Å²) in [6.07, 6.45) is 4.61. The van der Waals surface area contributed by atoms with Crippen molar-refractivity contribution in [3.05, 3.63) is 35.2 Å². The number of rotatable bonds is 3. The van der Waals surface area contributed by atoms with Gasteiger partial charge in [-0.05, 0) is 43.4 Å². The first-order valence-electron chi connectivity index (χ1n) is 6.92. The molecule has 2 fully saturated rings. The van der Waals surface area contributed by atoms with Crippen LogP contribution in [0.25, 0.3) is 5.52 Å². The average molecular weight is 272 g/mol. The van der Waals surface area contributed by atoms with Crippen LogP contribution in [0.1, 0.15) is 40.6 Å². The van der Waals surface area contributed by atoms with Gasteiger partial charge in [-0.25, -0.2) is 9.31 Å². The van der Waals surface area contributed by atoms with Crippen LogP contribution in [0.15, 0.2) is 18.3 Å². The molecule has 20 heavy (non-hydrogen) atoms. The largest absolute Gasteiger partial charge is 0.465 e. The number of nitrogens with zero attached hydrogens (tertiary/aromatic N) is 2. The molecule has 1 saturated heterocycles. The number of esters is 1. The smallest absolute Gasteiger partial charge is 0.340 e. The van der Waals surface area contributed by atoms with E-state index < -0.39 is 0 Å². The van der Waals surface area contributed by atoms with Gasteiger partial charge in [0.2, 0.25) is 0 Å². The lowest BCUT2D eigenvalue weighted by molar-refractivity contribution is 0.0602. The fourth-order valence-electron chi connectivity index (χ4n) is 3.05. The molecule has 3 heterocycles. The summed E-state index contributed by atoms with van der Waals surface area (Å²) in [4.78, 5) is 12.0. The number of hydrogen-bond donors (Lipinski definition) is 0. The number of epoxide rings is 1.